The van der Waals surface area contributed by atoms with Crippen molar-refractivity contribution < 1.29 is 95.0 Å². The molecule has 1 aliphatic rings. The van der Waals surface area contributed by atoms with E-state index in [1.165, 1.54) is 0 Å². The fourth-order valence-electron chi connectivity index (χ4n) is 11.5. The normalized spacial score (nSPS) is 11.5. The first kappa shape index (κ1) is 93.3. The van der Waals surface area contributed by atoms with Crippen molar-refractivity contribution in [2.45, 2.75) is 103 Å². The number of methoxy groups -OCH3 is 4. The van der Waals surface area contributed by atoms with Crippen molar-refractivity contribution >= 4 is 46.4 Å². The molecule has 0 saturated carbocycles. The average molecular weight is 1570 g/mol. The second-order valence-corrected chi connectivity index (χ2v) is 25.3. The van der Waals surface area contributed by atoms with Crippen molar-refractivity contribution in [3.8, 4) is 23.0 Å². The Kier molecular flexibility index (Phi) is 50.3. The fourth-order valence-corrected chi connectivity index (χ4v) is 11.5. The van der Waals surface area contributed by atoms with Crippen LogP contribution in [-0.4, -0.2) is 237 Å². The first-order valence-corrected chi connectivity index (χ1v) is 37.9. The summed E-state index contributed by atoms with van der Waals surface area (Å²) in [6, 6.07) is 14.6. The predicted molar refractivity (Wildman–Crippen MR) is 419 cm³/mol. The lowest BCUT2D eigenvalue weighted by Gasteiger charge is -2.25. The van der Waals surface area contributed by atoms with Gasteiger partial charge in [0.25, 0.3) is 0 Å². The predicted octanol–water partition coefficient (Wildman–Crippen LogP) is 12.3. The molecule has 4 aromatic carbocycles. The molecule has 8 bridgehead atoms. The maximum atomic E-state index is 14.3. The smallest absolute Gasteiger partial charge is 0.224 e. The number of hydrogen-bond donors (Lipinski definition) is 4. The number of unbranched alkanes of at least 4 members (excludes halogenated alkanes) is 4. The summed E-state index contributed by atoms with van der Waals surface area (Å²) in [6.07, 6.45) is 3.80. The summed E-state index contributed by atoms with van der Waals surface area (Å²) < 4.78 is 96.0. The van der Waals surface area contributed by atoms with E-state index in [1.54, 1.807) is 28.4 Å². The SMILES string of the molecule is COCCOCCOCCOc1c2cc(NC(=O)CCCCN=[N+]=[N-])cc1Cc1cc(NC(=O)CCCCN=[N+]=[N-])cc(c1OCCOCCOCCOC)Cc1cc(NC(=O)CCCCN=[N+]=[N-])cc(c1OCCOCCOCCOC)Cc1cc(NC(=O)CCCCN=[N+]=[N-])cc(c1OCCOCCOCCOC)C2. The summed E-state index contributed by atoms with van der Waals surface area (Å²) in [5, 5.41) is 27.3. The van der Waals surface area contributed by atoms with E-state index < -0.39 is 0 Å². The first-order valence-electron chi connectivity index (χ1n) is 37.9. The van der Waals surface area contributed by atoms with Crippen LogP contribution in [0.15, 0.2) is 69.0 Å². The fraction of sp³-hybridized carbons (Fsp3) is 0.632. The maximum absolute atomic E-state index is 14.3. The molecule has 0 aliphatic heterocycles. The van der Waals surface area contributed by atoms with Gasteiger partial charge in [-0.1, -0.05) is 20.5 Å². The molecule has 1 aliphatic carbocycles. The number of amides is 4. The summed E-state index contributed by atoms with van der Waals surface area (Å²) in [7, 11) is 6.36. The second kappa shape index (κ2) is 60.4. The summed E-state index contributed by atoms with van der Waals surface area (Å²) in [5.41, 5.74) is 42.0. The van der Waals surface area contributed by atoms with Crippen molar-refractivity contribution in [3.63, 3.8) is 0 Å². The zero-order valence-electron chi connectivity index (χ0n) is 65.3. The van der Waals surface area contributed by atoms with E-state index in [1.807, 2.05) is 48.5 Å². The highest BCUT2D eigenvalue weighted by Crippen LogP contribution is 2.43. The molecule has 616 valence electrons. The summed E-state index contributed by atoms with van der Waals surface area (Å²) in [4.78, 5) is 68.6. The second-order valence-electron chi connectivity index (χ2n) is 25.3. The Labute approximate surface area is 654 Å². The van der Waals surface area contributed by atoms with Gasteiger partial charge < -0.3 is 97.1 Å². The molecule has 112 heavy (non-hydrogen) atoms. The van der Waals surface area contributed by atoms with Gasteiger partial charge in [0.15, 0.2) is 0 Å². The van der Waals surface area contributed by atoms with Crippen LogP contribution in [-0.2, 0) is 102 Å². The summed E-state index contributed by atoms with van der Waals surface area (Å²) in [5.74, 6) is 0.249. The van der Waals surface area contributed by atoms with E-state index in [4.69, 9.17) is 97.9 Å². The Balaban J connectivity index is 1.94. The topological polar surface area (TPSA) is 459 Å². The molecule has 0 spiro atoms. The van der Waals surface area contributed by atoms with Gasteiger partial charge in [-0.2, -0.15) is 0 Å². The van der Waals surface area contributed by atoms with Gasteiger partial charge in [0.1, 0.15) is 49.4 Å². The van der Waals surface area contributed by atoms with Gasteiger partial charge in [-0.05, 0) is 122 Å². The third kappa shape index (κ3) is 39.8. The van der Waals surface area contributed by atoms with Crippen LogP contribution >= 0.6 is 0 Å². The van der Waals surface area contributed by atoms with Crippen LogP contribution in [0.5, 0.6) is 23.0 Å². The molecular weight excluding hydrogens is 1460 g/mol. The molecule has 0 atom stereocenters. The number of ether oxygens (including phenoxy) is 16. The highest BCUT2D eigenvalue weighted by Gasteiger charge is 2.27. The van der Waals surface area contributed by atoms with E-state index in [-0.39, 0.29) is 207 Å². The highest BCUT2D eigenvalue weighted by atomic mass is 16.6. The summed E-state index contributed by atoms with van der Waals surface area (Å²) in [6.45, 7) is 6.53. The number of anilines is 4. The van der Waals surface area contributed by atoms with Crippen molar-refractivity contribution in [2.75, 3.05) is 234 Å². The minimum Gasteiger partial charge on any atom is -0.491 e. The van der Waals surface area contributed by atoms with Crippen LogP contribution < -0.4 is 40.2 Å². The Morgan fingerprint density at radius 2 is 0.446 bits per heavy atom. The third-order valence-electron chi connectivity index (χ3n) is 16.6. The molecule has 0 saturated heterocycles. The zero-order valence-corrected chi connectivity index (χ0v) is 65.3. The van der Waals surface area contributed by atoms with Gasteiger partial charge in [-0.15, -0.1) is 0 Å². The maximum Gasteiger partial charge on any atom is 0.224 e. The number of nitrogens with zero attached hydrogens (tertiary/aromatic N) is 12. The van der Waals surface area contributed by atoms with E-state index >= 15 is 0 Å². The van der Waals surface area contributed by atoms with Crippen LogP contribution in [0.2, 0.25) is 0 Å². The van der Waals surface area contributed by atoms with E-state index in [2.05, 4.69) is 61.4 Å². The van der Waals surface area contributed by atoms with Crippen LogP contribution in [0.25, 0.3) is 41.8 Å². The minimum atomic E-state index is -0.326. The van der Waals surface area contributed by atoms with Crippen molar-refractivity contribution in [1.29, 1.82) is 0 Å². The summed E-state index contributed by atoms with van der Waals surface area (Å²) >= 11 is 0. The van der Waals surface area contributed by atoms with Gasteiger partial charge in [0.2, 0.25) is 23.6 Å². The first-order chi connectivity index (χ1) is 55.0. The lowest BCUT2D eigenvalue weighted by atomic mass is 9.90. The zero-order chi connectivity index (χ0) is 80.1. The van der Waals surface area contributed by atoms with Crippen molar-refractivity contribution in [3.05, 3.63) is 135 Å². The quantitative estimate of drug-likeness (QED) is 0.0122. The average Bonchev–Trinajstić information content (AvgIpc) is 0.772. The Hall–Kier alpha value is -9.28. The Morgan fingerprint density at radius 1 is 0.277 bits per heavy atom. The van der Waals surface area contributed by atoms with E-state index in [9.17, 15) is 19.2 Å². The van der Waals surface area contributed by atoms with Gasteiger partial charge in [-0.25, -0.2) is 0 Å². The van der Waals surface area contributed by atoms with Gasteiger partial charge in [0, 0.05) is 193 Å². The molecule has 0 fully saturated rings. The van der Waals surface area contributed by atoms with Crippen molar-refractivity contribution in [1.82, 2.24) is 0 Å². The highest BCUT2D eigenvalue weighted by molar-refractivity contribution is 5.93. The number of hydrogen-bond acceptors (Lipinski definition) is 24. The molecule has 4 N–H and O–H groups in total. The Bertz CT molecular complexity index is 3080. The number of nitrogens with one attached hydrogen (secondary N) is 4. The Morgan fingerprint density at radius 3 is 0.616 bits per heavy atom. The largest absolute Gasteiger partial charge is 0.491 e. The minimum absolute atomic E-state index is 0.00656. The van der Waals surface area contributed by atoms with Crippen LogP contribution in [0.4, 0.5) is 22.7 Å². The third-order valence-corrected chi connectivity index (χ3v) is 16.6. The van der Waals surface area contributed by atoms with Gasteiger partial charge in [-0.3, -0.25) is 19.2 Å². The molecule has 0 unspecified atom stereocenters. The monoisotopic (exact) mass is 1570 g/mol. The van der Waals surface area contributed by atoms with Crippen LogP contribution in [0.3, 0.4) is 0 Å². The number of carbonyl (C=O) groups is 4. The van der Waals surface area contributed by atoms with Crippen molar-refractivity contribution in [2.24, 2.45) is 20.5 Å². The number of azide groups is 4. The molecule has 0 radical (unpaired) electrons. The van der Waals surface area contributed by atoms with E-state index in [0.717, 1.165) is 0 Å². The molecule has 36 heteroatoms. The number of carbonyl (C=O) groups excluding carboxylic acids is 4. The standard InChI is InChI=1S/C76H112N16O20/c1-97-21-25-101-29-33-105-37-41-109-73-57-45-59-51-66(86-70(94)14-6-10-18-82-90-78)53-61(74(59)110-42-38-106-34-30-102-26-22-98-2)47-63-55-68(88-72(96)16-8-12-20-84-92-80)56-64(76(63)112-44-40-108-36-32-104-28-24-100-4)48-62-54-67(87-71(95)15-7-11-19-83-91-79)52-60(75(62)111-43-39-107-35-31-103-27-23-99-3)46-58(73)50-65(49-57)85-69(93)13-5-9-17-81-89-77/h49-56H,5-48H2,1-4H3,(H,85,93)(H,86,94)(H,87,95)(H,88,96). The molecule has 4 amide bonds. The molecule has 0 heterocycles. The number of benzene rings is 4. The van der Waals surface area contributed by atoms with Crippen LogP contribution in [0, 0.1) is 0 Å². The number of rotatable bonds is 64. The molecule has 36 nitrogen and oxygen atoms in total. The van der Waals surface area contributed by atoms with E-state index in [0.29, 0.717) is 194 Å². The van der Waals surface area contributed by atoms with Gasteiger partial charge >= 0.3 is 0 Å². The lowest BCUT2D eigenvalue weighted by Crippen LogP contribution is -2.18. The lowest BCUT2D eigenvalue weighted by molar-refractivity contribution is -0.117. The molecular formula is C76H112N16O20. The molecule has 0 aromatic heterocycles. The number of fused-ring (bicyclic) bond motifs is 8. The molecule has 5 rings (SSSR count). The molecule has 4 aromatic rings. The van der Waals surface area contributed by atoms with Gasteiger partial charge in [0.05, 0.1) is 132 Å². The van der Waals surface area contributed by atoms with Crippen LogP contribution in [0.1, 0.15) is 122 Å².